The quantitative estimate of drug-likeness (QED) is 0.427. The molecule has 0 amide bonds. The molecule has 0 spiro atoms. The lowest BCUT2D eigenvalue weighted by atomic mass is 10.0. The smallest absolute Gasteiger partial charge is 0.281 e. The topological polar surface area (TPSA) is 60.2 Å². The molecule has 130 valence electrons. The number of hydrogen-bond donors (Lipinski definition) is 0. The van der Waals surface area contributed by atoms with Crippen LogP contribution in [-0.4, -0.2) is 19.4 Å². The summed E-state index contributed by atoms with van der Waals surface area (Å²) >= 11 is 0. The number of pyridine rings is 1. The summed E-state index contributed by atoms with van der Waals surface area (Å²) in [6.45, 7) is 4.12. The third-order valence-corrected chi connectivity index (χ3v) is 4.97. The van der Waals surface area contributed by atoms with Crippen LogP contribution in [0.5, 0.6) is 0 Å². The first-order chi connectivity index (χ1) is 13.1. The van der Waals surface area contributed by atoms with Gasteiger partial charge in [-0.1, -0.05) is 30.3 Å². The molecule has 27 heavy (non-hydrogen) atoms. The third-order valence-electron chi connectivity index (χ3n) is 4.97. The van der Waals surface area contributed by atoms with Gasteiger partial charge in [-0.25, -0.2) is 9.97 Å². The largest absolute Gasteiger partial charge is 0.300 e. The van der Waals surface area contributed by atoms with Gasteiger partial charge < -0.3 is 4.40 Å². The highest BCUT2D eigenvalue weighted by Crippen LogP contribution is 2.26. The Morgan fingerprint density at radius 1 is 0.852 bits per heavy atom. The Morgan fingerprint density at radius 3 is 2.44 bits per heavy atom. The van der Waals surface area contributed by atoms with Crippen LogP contribution in [0.1, 0.15) is 11.1 Å². The first-order valence-electron chi connectivity index (χ1n) is 8.77. The Morgan fingerprint density at radius 2 is 1.63 bits per heavy atom. The van der Waals surface area contributed by atoms with Gasteiger partial charge in [0.25, 0.3) is 5.56 Å². The van der Waals surface area contributed by atoms with Crippen molar-refractivity contribution in [1.82, 2.24) is 19.4 Å². The Kier molecular flexibility index (Phi) is 3.31. The molecular weight excluding hydrogens is 336 g/mol. The monoisotopic (exact) mass is 352 g/mol. The van der Waals surface area contributed by atoms with Crippen molar-refractivity contribution in [3.8, 4) is 11.4 Å². The zero-order chi connectivity index (χ0) is 18.5. The highest BCUT2D eigenvalue weighted by Gasteiger charge is 2.12. The molecule has 0 radical (unpaired) electrons. The van der Waals surface area contributed by atoms with Gasteiger partial charge in [0.05, 0.1) is 21.8 Å². The van der Waals surface area contributed by atoms with E-state index in [0.717, 1.165) is 33.1 Å². The Hall–Kier alpha value is -3.60. The predicted molar refractivity (Wildman–Crippen MR) is 107 cm³/mol. The number of rotatable bonds is 1. The lowest BCUT2D eigenvalue weighted by molar-refractivity contribution is 1.13. The van der Waals surface area contributed by atoms with Gasteiger partial charge in [0, 0.05) is 18.0 Å². The molecule has 0 bridgehead atoms. The molecule has 5 nitrogen and oxygen atoms in total. The first-order valence-corrected chi connectivity index (χ1v) is 8.77. The number of aromatic nitrogens is 4. The van der Waals surface area contributed by atoms with Crippen molar-refractivity contribution in [1.29, 1.82) is 0 Å². The van der Waals surface area contributed by atoms with Crippen LogP contribution >= 0.6 is 0 Å². The van der Waals surface area contributed by atoms with Gasteiger partial charge in [-0.3, -0.25) is 4.79 Å². The second-order valence-corrected chi connectivity index (χ2v) is 6.70. The summed E-state index contributed by atoms with van der Waals surface area (Å²) in [5, 5.41) is 1.36. The molecule has 3 aromatic heterocycles. The Bertz CT molecular complexity index is 1400. The molecule has 0 saturated heterocycles. The molecule has 3 heterocycles. The summed E-state index contributed by atoms with van der Waals surface area (Å²) in [6.07, 6.45) is 3.67. The van der Waals surface area contributed by atoms with Crippen LogP contribution in [0.2, 0.25) is 0 Å². The van der Waals surface area contributed by atoms with Gasteiger partial charge in [-0.05, 0) is 43.2 Å². The summed E-state index contributed by atoms with van der Waals surface area (Å²) in [7, 11) is 0. The van der Waals surface area contributed by atoms with Crippen molar-refractivity contribution in [3.63, 3.8) is 0 Å². The highest BCUT2D eigenvalue weighted by atomic mass is 16.1. The van der Waals surface area contributed by atoms with Crippen LogP contribution < -0.4 is 5.56 Å². The van der Waals surface area contributed by atoms with Crippen molar-refractivity contribution in [3.05, 3.63) is 82.4 Å². The maximum atomic E-state index is 12.4. The average Bonchev–Trinajstić information content (AvgIpc) is 2.68. The molecule has 0 unspecified atom stereocenters. The standard InChI is InChI=1S/C22H16N4O/c1-13-6-5-7-14(2)19(13)20-23-12-16-17(24-20)10-11-26-18-9-4-3-8-15(18)22(27)25-21(16)26/h3-12H,1-2H3. The van der Waals surface area contributed by atoms with Crippen LogP contribution in [-0.2, 0) is 0 Å². The third kappa shape index (κ3) is 2.32. The van der Waals surface area contributed by atoms with Gasteiger partial charge in [0.15, 0.2) is 11.5 Å². The van der Waals surface area contributed by atoms with Crippen LogP contribution in [0, 0.1) is 13.8 Å². The van der Waals surface area contributed by atoms with Gasteiger partial charge in [-0.2, -0.15) is 4.98 Å². The molecule has 0 saturated carbocycles. The predicted octanol–water partition coefficient (Wildman–Crippen LogP) is 4.07. The summed E-state index contributed by atoms with van der Waals surface area (Å²) in [5.41, 5.74) is 5.24. The minimum Gasteiger partial charge on any atom is -0.300 e. The van der Waals surface area contributed by atoms with Crippen LogP contribution in [0.15, 0.2) is 65.7 Å². The number of nitrogens with zero attached hydrogens (tertiary/aromatic N) is 4. The fraction of sp³-hybridized carbons (Fsp3) is 0.0909. The molecule has 0 fully saturated rings. The second kappa shape index (κ2) is 5.71. The van der Waals surface area contributed by atoms with E-state index in [-0.39, 0.29) is 5.56 Å². The molecular formula is C22H16N4O. The van der Waals surface area contributed by atoms with E-state index in [1.807, 2.05) is 40.9 Å². The molecule has 0 aliphatic rings. The van der Waals surface area contributed by atoms with Gasteiger partial charge >= 0.3 is 0 Å². The summed E-state index contributed by atoms with van der Waals surface area (Å²) in [5.74, 6) is 0.686. The van der Waals surface area contributed by atoms with E-state index in [1.54, 1.807) is 12.3 Å². The lowest BCUT2D eigenvalue weighted by Gasteiger charge is -2.11. The van der Waals surface area contributed by atoms with E-state index < -0.39 is 0 Å². The van der Waals surface area contributed by atoms with Crippen LogP contribution in [0.3, 0.4) is 0 Å². The fourth-order valence-corrected chi connectivity index (χ4v) is 3.66. The minimum atomic E-state index is -0.239. The molecule has 5 aromatic rings. The minimum absolute atomic E-state index is 0.239. The zero-order valence-corrected chi connectivity index (χ0v) is 15.0. The van der Waals surface area contributed by atoms with Crippen molar-refractivity contribution in [2.45, 2.75) is 13.8 Å². The zero-order valence-electron chi connectivity index (χ0n) is 15.0. The number of aryl methyl sites for hydroxylation is 2. The summed E-state index contributed by atoms with van der Waals surface area (Å²) < 4.78 is 1.92. The number of para-hydroxylation sites is 1. The first kappa shape index (κ1) is 15.6. The molecule has 0 N–H and O–H groups in total. The van der Waals surface area contributed by atoms with Crippen molar-refractivity contribution < 1.29 is 0 Å². The molecule has 0 atom stereocenters. The summed E-state index contributed by atoms with van der Waals surface area (Å²) in [4.78, 5) is 26.1. The average molecular weight is 352 g/mol. The maximum Gasteiger partial charge on any atom is 0.281 e. The molecule has 5 rings (SSSR count). The van der Waals surface area contributed by atoms with Gasteiger partial charge in [0.2, 0.25) is 0 Å². The van der Waals surface area contributed by atoms with E-state index in [0.29, 0.717) is 16.9 Å². The highest BCUT2D eigenvalue weighted by molar-refractivity contribution is 5.94. The number of hydrogen-bond acceptors (Lipinski definition) is 4. The van der Waals surface area contributed by atoms with Crippen LogP contribution in [0.4, 0.5) is 0 Å². The van der Waals surface area contributed by atoms with Gasteiger partial charge in [0.1, 0.15) is 0 Å². The van der Waals surface area contributed by atoms with Crippen molar-refractivity contribution in [2.75, 3.05) is 0 Å². The van der Waals surface area contributed by atoms with E-state index >= 15 is 0 Å². The fourth-order valence-electron chi connectivity index (χ4n) is 3.66. The normalized spacial score (nSPS) is 11.5. The molecule has 0 aliphatic carbocycles. The van der Waals surface area contributed by atoms with E-state index in [4.69, 9.17) is 4.98 Å². The van der Waals surface area contributed by atoms with Gasteiger partial charge in [-0.15, -0.1) is 0 Å². The SMILES string of the molecule is Cc1cccc(C)c1-c1ncc2c(ccn3c4ccccc4c(=O)nc23)n1. The number of fused-ring (bicyclic) bond motifs is 5. The Balaban J connectivity index is 1.84. The Labute approximate surface area is 155 Å². The van der Waals surface area contributed by atoms with E-state index in [9.17, 15) is 4.79 Å². The second-order valence-electron chi connectivity index (χ2n) is 6.70. The summed E-state index contributed by atoms with van der Waals surface area (Å²) in [6, 6.07) is 15.6. The molecule has 2 aromatic carbocycles. The van der Waals surface area contributed by atoms with E-state index in [2.05, 4.69) is 35.9 Å². The van der Waals surface area contributed by atoms with Crippen molar-refractivity contribution in [2.24, 2.45) is 0 Å². The maximum absolute atomic E-state index is 12.4. The number of benzene rings is 2. The van der Waals surface area contributed by atoms with E-state index in [1.165, 1.54) is 0 Å². The molecule has 5 heteroatoms. The lowest BCUT2D eigenvalue weighted by Crippen LogP contribution is -2.11. The van der Waals surface area contributed by atoms with Crippen LogP contribution in [0.25, 0.3) is 38.8 Å². The van der Waals surface area contributed by atoms with Crippen molar-refractivity contribution >= 4 is 27.5 Å². The molecule has 0 aliphatic heterocycles.